The van der Waals surface area contributed by atoms with Crippen LogP contribution in [0.15, 0.2) is 53.6 Å². The van der Waals surface area contributed by atoms with Gasteiger partial charge in [-0.1, -0.05) is 23.7 Å². The maximum absolute atomic E-state index is 12.0. The van der Waals surface area contributed by atoms with Gasteiger partial charge in [-0.15, -0.1) is 0 Å². The number of carboxylic acids is 2. The predicted molar refractivity (Wildman–Crippen MR) is 122 cm³/mol. The molecule has 9 nitrogen and oxygen atoms in total. The molecule has 1 amide bonds. The average molecular weight is 470 g/mol. The van der Waals surface area contributed by atoms with Gasteiger partial charge in [0, 0.05) is 22.6 Å². The van der Waals surface area contributed by atoms with Crippen molar-refractivity contribution in [2.24, 2.45) is 5.10 Å². The van der Waals surface area contributed by atoms with Crippen molar-refractivity contribution in [1.82, 2.24) is 9.99 Å². The molecule has 1 aromatic heterocycles. The van der Waals surface area contributed by atoms with Gasteiger partial charge in [-0.2, -0.15) is 5.10 Å². The lowest BCUT2D eigenvalue weighted by Crippen LogP contribution is -2.24. The summed E-state index contributed by atoms with van der Waals surface area (Å²) in [6.45, 7) is 3.28. The van der Waals surface area contributed by atoms with Gasteiger partial charge >= 0.3 is 11.9 Å². The third-order valence-corrected chi connectivity index (χ3v) is 5.04. The Bertz CT molecular complexity index is 1230. The van der Waals surface area contributed by atoms with Crippen molar-refractivity contribution in [2.45, 2.75) is 13.8 Å². The second-order valence-electron chi connectivity index (χ2n) is 7.05. The van der Waals surface area contributed by atoms with Gasteiger partial charge in [-0.3, -0.25) is 4.79 Å². The number of hydrogen-bond acceptors (Lipinski definition) is 5. The molecule has 3 aromatic rings. The first-order valence-electron chi connectivity index (χ1n) is 9.67. The number of hydrazone groups is 1. The highest BCUT2D eigenvalue weighted by Crippen LogP contribution is 2.23. The third-order valence-electron chi connectivity index (χ3n) is 4.73. The normalized spacial score (nSPS) is 10.9. The lowest BCUT2D eigenvalue weighted by Gasteiger charge is -2.12. The van der Waals surface area contributed by atoms with Gasteiger partial charge < -0.3 is 19.5 Å². The molecule has 0 aliphatic carbocycles. The first kappa shape index (κ1) is 23.6. The number of hydrogen-bond donors (Lipinski definition) is 3. The van der Waals surface area contributed by atoms with Crippen LogP contribution in [0.4, 0.5) is 0 Å². The highest BCUT2D eigenvalue weighted by atomic mass is 35.5. The first-order chi connectivity index (χ1) is 15.7. The fraction of sp³-hybridized carbons (Fsp3) is 0.130. The Morgan fingerprint density at radius 1 is 1.06 bits per heavy atom. The highest BCUT2D eigenvalue weighted by molar-refractivity contribution is 6.32. The predicted octanol–water partition coefficient (Wildman–Crippen LogP) is 3.67. The van der Waals surface area contributed by atoms with Gasteiger partial charge in [-0.25, -0.2) is 15.0 Å². The van der Waals surface area contributed by atoms with E-state index < -0.39 is 17.8 Å². The lowest BCUT2D eigenvalue weighted by molar-refractivity contribution is -0.123. The Morgan fingerprint density at radius 2 is 1.70 bits per heavy atom. The van der Waals surface area contributed by atoms with E-state index in [9.17, 15) is 24.6 Å². The molecule has 33 heavy (non-hydrogen) atoms. The number of nitrogens with zero attached hydrogens (tertiary/aromatic N) is 2. The van der Waals surface area contributed by atoms with Crippen LogP contribution >= 0.6 is 11.6 Å². The van der Waals surface area contributed by atoms with E-state index in [1.54, 1.807) is 48.7 Å². The number of halogens is 1. The zero-order valence-electron chi connectivity index (χ0n) is 17.7. The zero-order chi connectivity index (χ0) is 24.1. The van der Waals surface area contributed by atoms with Crippen molar-refractivity contribution in [3.05, 3.63) is 81.6 Å². The summed E-state index contributed by atoms with van der Waals surface area (Å²) in [6.07, 6.45) is 1.44. The quantitative estimate of drug-likeness (QED) is 0.341. The maximum Gasteiger partial charge on any atom is 0.335 e. The topological polar surface area (TPSA) is 130 Å². The highest BCUT2D eigenvalue weighted by Gasteiger charge is 2.16. The summed E-state index contributed by atoms with van der Waals surface area (Å²) in [7, 11) is 0. The van der Waals surface area contributed by atoms with E-state index in [2.05, 4.69) is 10.5 Å². The number of amides is 1. The molecule has 1 heterocycles. The molecule has 0 spiro atoms. The minimum atomic E-state index is -1.23. The first-order valence-corrected chi connectivity index (χ1v) is 10.1. The minimum absolute atomic E-state index is 0.140. The fourth-order valence-corrected chi connectivity index (χ4v) is 3.40. The van der Waals surface area contributed by atoms with Crippen LogP contribution in [-0.4, -0.2) is 45.4 Å². The van der Waals surface area contributed by atoms with Crippen LogP contribution in [0.1, 0.15) is 37.7 Å². The Hall–Kier alpha value is -4.11. The van der Waals surface area contributed by atoms with Gasteiger partial charge in [0.25, 0.3) is 5.91 Å². The Balaban J connectivity index is 1.76. The minimum Gasteiger partial charge on any atom is -0.482 e. The van der Waals surface area contributed by atoms with Crippen LogP contribution < -0.4 is 10.2 Å². The number of benzene rings is 2. The summed E-state index contributed by atoms with van der Waals surface area (Å²) in [6, 6.07) is 12.4. The van der Waals surface area contributed by atoms with Crippen LogP contribution in [0.25, 0.3) is 5.69 Å². The van der Waals surface area contributed by atoms with Crippen molar-refractivity contribution < 1.29 is 29.3 Å². The lowest BCUT2D eigenvalue weighted by atomic mass is 10.1. The van der Waals surface area contributed by atoms with Crippen LogP contribution in [0, 0.1) is 13.8 Å². The molecule has 0 radical (unpaired) electrons. The summed E-state index contributed by atoms with van der Waals surface area (Å²) < 4.78 is 7.06. The van der Waals surface area contributed by atoms with Gasteiger partial charge in [-0.05, 0) is 50.2 Å². The Morgan fingerprint density at radius 3 is 2.30 bits per heavy atom. The zero-order valence-corrected chi connectivity index (χ0v) is 18.5. The standard InChI is InChI=1S/C23H20ClN3O6/c1-13-7-17(11-25-26-21(28)12-33-20-6-4-3-5-19(20)24)14(2)27(13)18-9-15(22(29)30)8-16(10-18)23(31)32/h3-11H,12H2,1-2H3,(H,26,28)(H,29,30)(H,31,32)/b25-11+. The molecule has 10 heteroatoms. The molecule has 3 N–H and O–H groups in total. The Labute approximate surface area is 193 Å². The van der Waals surface area contributed by atoms with E-state index in [0.29, 0.717) is 27.7 Å². The number of nitrogens with one attached hydrogen (secondary N) is 1. The molecule has 0 unspecified atom stereocenters. The van der Waals surface area contributed by atoms with Gasteiger partial charge in [0.2, 0.25) is 0 Å². The number of carbonyl (C=O) groups is 3. The number of aromatic nitrogens is 1. The van der Waals surface area contributed by atoms with E-state index in [1.165, 1.54) is 18.3 Å². The number of aromatic carboxylic acids is 2. The second-order valence-corrected chi connectivity index (χ2v) is 7.46. The second kappa shape index (κ2) is 10.0. The number of aryl methyl sites for hydroxylation is 1. The molecule has 0 saturated heterocycles. The molecule has 0 bridgehead atoms. The van der Waals surface area contributed by atoms with Gasteiger partial charge in [0.15, 0.2) is 6.61 Å². The van der Waals surface area contributed by atoms with Gasteiger partial charge in [0.05, 0.1) is 22.4 Å². The summed E-state index contributed by atoms with van der Waals surface area (Å²) in [5.41, 5.74) is 4.52. The molecule has 0 aliphatic heterocycles. The molecule has 170 valence electrons. The molecule has 0 fully saturated rings. The number of ether oxygens (including phenoxy) is 1. The summed E-state index contributed by atoms with van der Waals surface area (Å²) in [5, 5.41) is 23.0. The molecule has 0 saturated carbocycles. The van der Waals surface area contributed by atoms with Crippen molar-refractivity contribution in [1.29, 1.82) is 0 Å². The van der Waals surface area contributed by atoms with Crippen molar-refractivity contribution in [3.8, 4) is 11.4 Å². The summed E-state index contributed by atoms with van der Waals surface area (Å²) >= 11 is 5.98. The van der Waals surface area contributed by atoms with Crippen LogP contribution in [0.5, 0.6) is 5.75 Å². The number of carboxylic acid groups (broad SMARTS) is 2. The molecular weight excluding hydrogens is 450 g/mol. The van der Waals surface area contributed by atoms with E-state index in [1.807, 2.05) is 0 Å². The van der Waals surface area contributed by atoms with Crippen LogP contribution in [-0.2, 0) is 4.79 Å². The van der Waals surface area contributed by atoms with Gasteiger partial charge in [0.1, 0.15) is 5.75 Å². The van der Waals surface area contributed by atoms with Crippen molar-refractivity contribution in [3.63, 3.8) is 0 Å². The van der Waals surface area contributed by atoms with Crippen molar-refractivity contribution >= 4 is 35.7 Å². The Kier molecular flexibility index (Phi) is 7.14. The third kappa shape index (κ3) is 5.58. The SMILES string of the molecule is Cc1cc(/C=N/NC(=O)COc2ccccc2Cl)c(C)n1-c1cc(C(=O)O)cc(C(=O)O)c1. The smallest absolute Gasteiger partial charge is 0.335 e. The number of carbonyl (C=O) groups excluding carboxylic acids is 1. The largest absolute Gasteiger partial charge is 0.482 e. The monoisotopic (exact) mass is 469 g/mol. The van der Waals surface area contributed by atoms with Crippen LogP contribution in [0.2, 0.25) is 5.02 Å². The molecule has 0 aliphatic rings. The average Bonchev–Trinajstić information content (AvgIpc) is 3.05. The van der Waals surface area contributed by atoms with E-state index in [-0.39, 0.29) is 17.7 Å². The molecule has 2 aromatic carbocycles. The fourth-order valence-electron chi connectivity index (χ4n) is 3.21. The number of rotatable bonds is 8. The van der Waals surface area contributed by atoms with Crippen LogP contribution in [0.3, 0.4) is 0 Å². The summed E-state index contributed by atoms with van der Waals surface area (Å²) in [4.78, 5) is 34.8. The van der Waals surface area contributed by atoms with E-state index >= 15 is 0 Å². The van der Waals surface area contributed by atoms with Crippen molar-refractivity contribution in [2.75, 3.05) is 6.61 Å². The maximum atomic E-state index is 12.0. The van der Waals surface area contributed by atoms with E-state index in [4.69, 9.17) is 16.3 Å². The molecule has 0 atom stereocenters. The van der Waals surface area contributed by atoms with E-state index in [0.717, 1.165) is 11.8 Å². The molecular formula is C23H20ClN3O6. The molecule has 3 rings (SSSR count). The number of para-hydroxylation sites is 1. The summed E-state index contributed by atoms with van der Waals surface area (Å²) in [5.74, 6) is -2.57.